The molecule has 0 spiro atoms. The molecule has 0 aliphatic rings. The van der Waals surface area contributed by atoms with Crippen LogP contribution in [0.2, 0.25) is 10.0 Å². The smallest absolute Gasteiger partial charge is 0.339 e. The van der Waals surface area contributed by atoms with Crippen molar-refractivity contribution in [1.29, 1.82) is 0 Å². The SMILES string of the molecule is Cc1ccc(C(=O)O)cc1S(=O)(=O)Oc1cc(Cl)ccc1Cl. The van der Waals surface area contributed by atoms with Crippen LogP contribution >= 0.6 is 23.2 Å². The second-order valence-corrected chi connectivity index (χ2v) is 6.76. The van der Waals surface area contributed by atoms with Crippen molar-refractivity contribution in [3.05, 3.63) is 57.6 Å². The number of carboxylic acid groups (broad SMARTS) is 1. The monoisotopic (exact) mass is 360 g/mol. The Morgan fingerprint density at radius 1 is 1.14 bits per heavy atom. The van der Waals surface area contributed by atoms with Crippen molar-refractivity contribution in [3.63, 3.8) is 0 Å². The van der Waals surface area contributed by atoms with Crippen molar-refractivity contribution < 1.29 is 22.5 Å². The molecule has 0 bridgehead atoms. The molecule has 0 aromatic heterocycles. The van der Waals surface area contributed by atoms with Crippen molar-refractivity contribution in [3.8, 4) is 5.75 Å². The van der Waals surface area contributed by atoms with E-state index in [1.807, 2.05) is 0 Å². The number of hydrogen-bond acceptors (Lipinski definition) is 4. The predicted molar refractivity (Wildman–Crippen MR) is 82.4 cm³/mol. The number of rotatable bonds is 4. The van der Waals surface area contributed by atoms with Crippen LogP contribution in [-0.4, -0.2) is 19.5 Å². The molecule has 0 aliphatic heterocycles. The van der Waals surface area contributed by atoms with Gasteiger partial charge in [0.2, 0.25) is 0 Å². The quantitative estimate of drug-likeness (QED) is 0.839. The van der Waals surface area contributed by atoms with Crippen molar-refractivity contribution >= 4 is 39.3 Å². The maximum absolute atomic E-state index is 12.3. The Labute approximate surface area is 137 Å². The zero-order chi connectivity index (χ0) is 16.5. The van der Waals surface area contributed by atoms with E-state index in [-0.39, 0.29) is 26.3 Å². The van der Waals surface area contributed by atoms with Crippen molar-refractivity contribution in [2.75, 3.05) is 0 Å². The first-order valence-electron chi connectivity index (χ1n) is 5.94. The van der Waals surface area contributed by atoms with Gasteiger partial charge in [-0.15, -0.1) is 0 Å². The topological polar surface area (TPSA) is 80.7 Å². The van der Waals surface area contributed by atoms with Gasteiger partial charge < -0.3 is 9.29 Å². The molecule has 0 amide bonds. The Morgan fingerprint density at radius 3 is 2.45 bits per heavy atom. The number of benzene rings is 2. The molecule has 0 unspecified atom stereocenters. The normalized spacial score (nSPS) is 11.2. The Kier molecular flexibility index (Phi) is 4.65. The summed E-state index contributed by atoms with van der Waals surface area (Å²) in [7, 11) is -4.25. The van der Waals surface area contributed by atoms with Crippen LogP contribution in [0.25, 0.3) is 0 Å². The summed E-state index contributed by atoms with van der Waals surface area (Å²) in [5.74, 6) is -1.37. The van der Waals surface area contributed by atoms with Crippen LogP contribution in [0.3, 0.4) is 0 Å². The van der Waals surface area contributed by atoms with E-state index in [1.165, 1.54) is 37.3 Å². The van der Waals surface area contributed by atoms with E-state index in [2.05, 4.69) is 0 Å². The van der Waals surface area contributed by atoms with Crippen LogP contribution in [0.4, 0.5) is 0 Å². The third-order valence-electron chi connectivity index (χ3n) is 2.80. The van der Waals surface area contributed by atoms with E-state index >= 15 is 0 Å². The van der Waals surface area contributed by atoms with E-state index in [0.29, 0.717) is 5.56 Å². The van der Waals surface area contributed by atoms with E-state index in [4.69, 9.17) is 32.5 Å². The molecule has 1 N–H and O–H groups in total. The van der Waals surface area contributed by atoms with Crippen LogP contribution in [0.15, 0.2) is 41.3 Å². The second kappa shape index (κ2) is 6.16. The van der Waals surface area contributed by atoms with Crippen molar-refractivity contribution in [2.45, 2.75) is 11.8 Å². The minimum absolute atomic E-state index is 0.0695. The molecule has 2 aromatic carbocycles. The van der Waals surface area contributed by atoms with Crippen molar-refractivity contribution in [2.24, 2.45) is 0 Å². The van der Waals surface area contributed by atoms with Crippen LogP contribution in [0, 0.1) is 6.92 Å². The van der Waals surface area contributed by atoms with Gasteiger partial charge in [-0.05, 0) is 36.8 Å². The summed E-state index contributed by atoms with van der Waals surface area (Å²) < 4.78 is 29.7. The Morgan fingerprint density at radius 2 is 1.82 bits per heavy atom. The van der Waals surface area contributed by atoms with Gasteiger partial charge in [0.25, 0.3) is 0 Å². The lowest BCUT2D eigenvalue weighted by atomic mass is 10.1. The second-order valence-electron chi connectivity index (χ2n) is 4.40. The molecular weight excluding hydrogens is 351 g/mol. The number of hydrogen-bond donors (Lipinski definition) is 1. The van der Waals surface area contributed by atoms with E-state index in [1.54, 1.807) is 0 Å². The van der Waals surface area contributed by atoms with Gasteiger partial charge in [0.15, 0.2) is 5.75 Å². The summed E-state index contributed by atoms with van der Waals surface area (Å²) >= 11 is 11.6. The van der Waals surface area contributed by atoms with Crippen molar-refractivity contribution in [1.82, 2.24) is 0 Å². The largest absolute Gasteiger partial charge is 0.478 e. The molecule has 0 heterocycles. The number of carbonyl (C=O) groups is 1. The van der Waals surface area contributed by atoms with Gasteiger partial charge in [0.05, 0.1) is 10.6 Å². The lowest BCUT2D eigenvalue weighted by molar-refractivity contribution is 0.0696. The number of carboxylic acids is 1. The summed E-state index contributed by atoms with van der Waals surface area (Å²) in [5.41, 5.74) is 0.188. The minimum Gasteiger partial charge on any atom is -0.478 e. The molecule has 0 saturated heterocycles. The standard InChI is InChI=1S/C14H10Cl2O5S/c1-8-2-3-9(14(17)18)6-13(8)22(19,20)21-12-7-10(15)4-5-11(12)16/h2-7H,1H3,(H,17,18). The average molecular weight is 361 g/mol. The highest BCUT2D eigenvalue weighted by Crippen LogP contribution is 2.31. The summed E-state index contributed by atoms with van der Waals surface area (Å²) in [5, 5.41) is 9.29. The average Bonchev–Trinajstić information content (AvgIpc) is 2.42. The maximum atomic E-state index is 12.3. The van der Waals surface area contributed by atoms with Gasteiger partial charge in [-0.1, -0.05) is 29.3 Å². The lowest BCUT2D eigenvalue weighted by Crippen LogP contribution is -2.13. The fraction of sp³-hybridized carbons (Fsp3) is 0.0714. The van der Waals surface area contributed by atoms with Crippen LogP contribution in [0.1, 0.15) is 15.9 Å². The summed E-state index contributed by atoms with van der Waals surface area (Å²) in [6.07, 6.45) is 0. The molecule has 0 radical (unpaired) electrons. The van der Waals surface area contributed by atoms with Crippen LogP contribution in [-0.2, 0) is 10.1 Å². The Bertz CT molecular complexity index is 846. The lowest BCUT2D eigenvalue weighted by Gasteiger charge is -2.11. The first-order chi connectivity index (χ1) is 10.2. The highest BCUT2D eigenvalue weighted by molar-refractivity contribution is 7.87. The summed E-state index contributed by atoms with van der Waals surface area (Å²) in [6.45, 7) is 1.53. The Balaban J connectivity index is 2.49. The first kappa shape index (κ1) is 16.6. The molecule has 0 atom stereocenters. The third-order valence-corrected chi connectivity index (χ3v) is 4.72. The van der Waals surface area contributed by atoms with Crippen LogP contribution in [0.5, 0.6) is 5.75 Å². The van der Waals surface area contributed by atoms with Crippen LogP contribution < -0.4 is 4.18 Å². The van der Waals surface area contributed by atoms with Gasteiger partial charge in [0.1, 0.15) is 4.90 Å². The molecule has 0 saturated carbocycles. The van der Waals surface area contributed by atoms with E-state index in [9.17, 15) is 13.2 Å². The van der Waals surface area contributed by atoms with Gasteiger partial charge in [-0.25, -0.2) is 4.79 Å². The zero-order valence-electron chi connectivity index (χ0n) is 11.2. The number of aromatic carboxylic acids is 1. The number of halogens is 2. The Hall–Kier alpha value is -1.76. The van der Waals surface area contributed by atoms with Gasteiger partial charge in [0, 0.05) is 11.1 Å². The molecule has 116 valence electrons. The number of aryl methyl sites for hydroxylation is 1. The fourth-order valence-electron chi connectivity index (χ4n) is 1.71. The van der Waals surface area contributed by atoms with Gasteiger partial charge in [-0.3, -0.25) is 0 Å². The molecule has 2 aromatic rings. The molecular formula is C14H10Cl2O5S. The zero-order valence-corrected chi connectivity index (χ0v) is 13.5. The third kappa shape index (κ3) is 3.52. The minimum atomic E-state index is -4.25. The van der Waals surface area contributed by atoms with Gasteiger partial charge >= 0.3 is 16.1 Å². The van der Waals surface area contributed by atoms with Gasteiger partial charge in [-0.2, -0.15) is 8.42 Å². The highest BCUT2D eigenvalue weighted by Gasteiger charge is 2.22. The summed E-state index contributed by atoms with van der Waals surface area (Å²) in [4.78, 5) is 10.7. The molecule has 8 heteroatoms. The van der Waals surface area contributed by atoms with E-state index in [0.717, 1.165) is 6.07 Å². The highest BCUT2D eigenvalue weighted by atomic mass is 35.5. The molecule has 0 fully saturated rings. The maximum Gasteiger partial charge on any atom is 0.339 e. The summed E-state index contributed by atoms with van der Waals surface area (Å²) in [6, 6.07) is 7.88. The predicted octanol–water partition coefficient (Wildman–Crippen LogP) is 3.77. The fourth-order valence-corrected chi connectivity index (χ4v) is 3.27. The molecule has 0 aliphatic carbocycles. The molecule has 5 nitrogen and oxygen atoms in total. The molecule has 2 rings (SSSR count). The molecule has 22 heavy (non-hydrogen) atoms. The van der Waals surface area contributed by atoms with E-state index < -0.39 is 16.1 Å². The first-order valence-corrected chi connectivity index (χ1v) is 8.10.